The molecule has 0 unspecified atom stereocenters. The van der Waals surface area contributed by atoms with Gasteiger partial charge in [-0.3, -0.25) is 4.79 Å². The number of pyridine rings is 1. The third-order valence-corrected chi connectivity index (χ3v) is 5.55. The van der Waals surface area contributed by atoms with Crippen LogP contribution in [0.5, 0.6) is 0 Å². The van der Waals surface area contributed by atoms with Crippen molar-refractivity contribution in [2.24, 2.45) is 0 Å². The molecule has 0 aliphatic heterocycles. The molecule has 1 N–H and O–H groups in total. The van der Waals surface area contributed by atoms with E-state index in [0.717, 1.165) is 24.2 Å². The molecule has 0 bridgehead atoms. The number of halogens is 1. The van der Waals surface area contributed by atoms with E-state index in [2.05, 4.69) is 25.8 Å². The topological polar surface area (TPSA) is 90.0 Å². The first-order valence-corrected chi connectivity index (χ1v) is 9.86. The minimum absolute atomic E-state index is 0.0777. The monoisotopic (exact) mass is 391 g/mol. The highest BCUT2D eigenvalue weighted by Crippen LogP contribution is 2.31. The minimum Gasteiger partial charge on any atom is -0.350 e. The van der Waals surface area contributed by atoms with Crippen LogP contribution >= 0.6 is 23.4 Å². The van der Waals surface area contributed by atoms with Crippen LogP contribution in [0.1, 0.15) is 37.4 Å². The number of rotatable bonds is 6. The molecule has 1 aliphatic rings. The van der Waals surface area contributed by atoms with Gasteiger partial charge in [0.25, 0.3) is 0 Å². The van der Waals surface area contributed by atoms with Crippen LogP contribution < -0.4 is 5.32 Å². The quantitative estimate of drug-likeness (QED) is 0.649. The van der Waals surface area contributed by atoms with Crippen molar-refractivity contribution in [1.29, 1.82) is 0 Å². The predicted molar refractivity (Wildman–Crippen MR) is 98.1 cm³/mol. The van der Waals surface area contributed by atoms with E-state index in [9.17, 15) is 4.79 Å². The van der Waals surface area contributed by atoms with Gasteiger partial charge in [0.05, 0.1) is 29.1 Å². The van der Waals surface area contributed by atoms with Gasteiger partial charge in [0.2, 0.25) is 11.1 Å². The third-order valence-electron chi connectivity index (χ3n) is 4.40. The van der Waals surface area contributed by atoms with Crippen LogP contribution in [0.15, 0.2) is 29.7 Å². The number of thioether (sulfide) groups is 1. The molecule has 3 aromatic rings. The lowest BCUT2D eigenvalue weighted by Gasteiger charge is -2.10. The second kappa shape index (κ2) is 7.63. The maximum Gasteiger partial charge on any atom is 0.230 e. The van der Waals surface area contributed by atoms with Gasteiger partial charge in [-0.15, -0.1) is 5.10 Å². The molecule has 4 rings (SSSR count). The number of imidazole rings is 1. The molecule has 1 amide bonds. The van der Waals surface area contributed by atoms with E-state index in [4.69, 9.17) is 11.6 Å². The maximum absolute atomic E-state index is 12.1. The van der Waals surface area contributed by atoms with E-state index in [-0.39, 0.29) is 11.7 Å². The Labute approximate surface area is 159 Å². The molecule has 3 aromatic heterocycles. The number of amides is 1. The highest BCUT2D eigenvalue weighted by molar-refractivity contribution is 7.99. The Morgan fingerprint density at radius 1 is 1.31 bits per heavy atom. The van der Waals surface area contributed by atoms with Crippen LogP contribution in [0.25, 0.3) is 5.65 Å². The van der Waals surface area contributed by atoms with Gasteiger partial charge in [-0.1, -0.05) is 36.2 Å². The van der Waals surface area contributed by atoms with Crippen molar-refractivity contribution in [1.82, 2.24) is 34.9 Å². The van der Waals surface area contributed by atoms with Crippen molar-refractivity contribution < 1.29 is 4.79 Å². The number of carbonyl (C=O) groups excluding carboxylic acids is 1. The number of fused-ring (bicyclic) bond motifs is 1. The highest BCUT2D eigenvalue weighted by Gasteiger charge is 2.22. The van der Waals surface area contributed by atoms with Crippen LogP contribution in [0.4, 0.5) is 0 Å². The summed E-state index contributed by atoms with van der Waals surface area (Å²) in [7, 11) is 0. The van der Waals surface area contributed by atoms with Gasteiger partial charge in [0, 0.05) is 12.4 Å². The van der Waals surface area contributed by atoms with E-state index >= 15 is 0 Å². The third kappa shape index (κ3) is 3.83. The first kappa shape index (κ1) is 17.3. The van der Waals surface area contributed by atoms with Crippen molar-refractivity contribution >= 4 is 34.9 Å². The number of nitrogens with zero attached hydrogens (tertiary/aromatic N) is 6. The largest absolute Gasteiger partial charge is 0.350 e. The molecule has 136 valence electrons. The SMILES string of the molecule is O=C(CSc1nnnn1C1CCCC1)NCc1cn2cc(Cl)ccc2n1. The first-order valence-electron chi connectivity index (χ1n) is 8.49. The van der Waals surface area contributed by atoms with Crippen molar-refractivity contribution in [2.45, 2.75) is 43.4 Å². The molecule has 0 saturated heterocycles. The molecule has 0 atom stereocenters. The van der Waals surface area contributed by atoms with Crippen LogP contribution in [0.2, 0.25) is 5.02 Å². The number of tetrazole rings is 1. The standard InChI is InChI=1S/C16H18ClN7OS/c17-11-5-6-14-19-12(9-23(14)8-11)7-18-15(25)10-26-16-20-21-22-24(16)13-3-1-2-4-13/h5-6,8-9,13H,1-4,7,10H2,(H,18,25). The molecule has 0 radical (unpaired) electrons. The molecule has 1 saturated carbocycles. The molecule has 10 heteroatoms. The van der Waals surface area contributed by atoms with Gasteiger partial charge in [-0.25, -0.2) is 9.67 Å². The molecule has 1 aliphatic carbocycles. The molecule has 26 heavy (non-hydrogen) atoms. The number of hydrogen-bond acceptors (Lipinski definition) is 6. The lowest BCUT2D eigenvalue weighted by atomic mass is 10.3. The summed E-state index contributed by atoms with van der Waals surface area (Å²) < 4.78 is 3.70. The fourth-order valence-corrected chi connectivity index (χ4v) is 4.07. The number of carbonyl (C=O) groups is 1. The number of aromatic nitrogens is 6. The van der Waals surface area contributed by atoms with Gasteiger partial charge in [0.1, 0.15) is 5.65 Å². The summed E-state index contributed by atoms with van der Waals surface area (Å²) in [4.78, 5) is 16.6. The Morgan fingerprint density at radius 3 is 3.00 bits per heavy atom. The lowest BCUT2D eigenvalue weighted by Crippen LogP contribution is -2.25. The highest BCUT2D eigenvalue weighted by atomic mass is 35.5. The molecule has 1 fully saturated rings. The van der Waals surface area contributed by atoms with Crippen LogP contribution in [0.3, 0.4) is 0 Å². The van der Waals surface area contributed by atoms with Gasteiger partial charge in [-0.05, 0) is 35.4 Å². The maximum atomic E-state index is 12.1. The summed E-state index contributed by atoms with van der Waals surface area (Å²) in [5, 5.41) is 16.1. The van der Waals surface area contributed by atoms with Gasteiger partial charge in [-0.2, -0.15) is 0 Å². The lowest BCUT2D eigenvalue weighted by molar-refractivity contribution is -0.118. The van der Waals surface area contributed by atoms with E-state index < -0.39 is 0 Å². The van der Waals surface area contributed by atoms with Crippen LogP contribution in [-0.2, 0) is 11.3 Å². The summed E-state index contributed by atoms with van der Waals surface area (Å²) in [6, 6.07) is 3.99. The van der Waals surface area contributed by atoms with Crippen LogP contribution in [-0.4, -0.2) is 41.3 Å². The Morgan fingerprint density at radius 2 is 2.15 bits per heavy atom. The fraction of sp³-hybridized carbons (Fsp3) is 0.438. The Kier molecular flexibility index (Phi) is 5.07. The smallest absolute Gasteiger partial charge is 0.230 e. The molecular weight excluding hydrogens is 374 g/mol. The van der Waals surface area contributed by atoms with Crippen molar-refractivity contribution in [3.63, 3.8) is 0 Å². The number of nitrogens with one attached hydrogen (secondary N) is 1. The molecule has 0 spiro atoms. The van der Waals surface area contributed by atoms with Crippen molar-refractivity contribution in [3.8, 4) is 0 Å². The van der Waals surface area contributed by atoms with Gasteiger partial charge < -0.3 is 9.72 Å². The molecular formula is C16H18ClN7OS. The van der Waals surface area contributed by atoms with Gasteiger partial charge >= 0.3 is 0 Å². The van der Waals surface area contributed by atoms with E-state index in [1.807, 2.05) is 21.3 Å². The molecule has 3 heterocycles. The Bertz CT molecular complexity index is 918. The second-order valence-electron chi connectivity index (χ2n) is 6.25. The summed E-state index contributed by atoms with van der Waals surface area (Å²) in [5.41, 5.74) is 1.57. The zero-order valence-corrected chi connectivity index (χ0v) is 15.6. The fourth-order valence-electron chi connectivity index (χ4n) is 3.13. The summed E-state index contributed by atoms with van der Waals surface area (Å²) in [5.74, 6) is 0.192. The molecule has 8 nitrogen and oxygen atoms in total. The zero-order valence-electron chi connectivity index (χ0n) is 14.0. The van der Waals surface area contributed by atoms with Gasteiger partial charge in [0.15, 0.2) is 0 Å². The van der Waals surface area contributed by atoms with Crippen LogP contribution in [0, 0.1) is 0 Å². The summed E-state index contributed by atoms with van der Waals surface area (Å²) in [6.45, 7) is 0.367. The normalized spacial score (nSPS) is 15.0. The summed E-state index contributed by atoms with van der Waals surface area (Å²) in [6.07, 6.45) is 8.26. The van der Waals surface area contributed by atoms with Crippen molar-refractivity contribution in [3.05, 3.63) is 35.2 Å². The summed E-state index contributed by atoms with van der Waals surface area (Å²) >= 11 is 7.33. The van der Waals surface area contributed by atoms with E-state index in [1.54, 1.807) is 12.3 Å². The Hall–Kier alpha value is -2.13. The van der Waals surface area contributed by atoms with Crippen molar-refractivity contribution in [2.75, 3.05) is 5.75 Å². The Balaban J connectivity index is 1.31. The zero-order chi connectivity index (χ0) is 17.9. The van der Waals surface area contributed by atoms with E-state index in [1.165, 1.54) is 24.6 Å². The predicted octanol–water partition coefficient (Wildman–Crippen LogP) is 2.50. The average molecular weight is 392 g/mol. The average Bonchev–Trinajstić information content (AvgIpc) is 3.36. The minimum atomic E-state index is -0.0777. The van der Waals surface area contributed by atoms with E-state index in [0.29, 0.717) is 22.8 Å². The second-order valence-corrected chi connectivity index (χ2v) is 7.63. The number of hydrogen-bond donors (Lipinski definition) is 1. The molecule has 0 aromatic carbocycles. The first-order chi connectivity index (χ1) is 12.7.